The summed E-state index contributed by atoms with van der Waals surface area (Å²) < 4.78 is 40.6. The van der Waals surface area contributed by atoms with Gasteiger partial charge in [0.15, 0.2) is 0 Å². The summed E-state index contributed by atoms with van der Waals surface area (Å²) in [6.07, 6.45) is -2.36. The second-order valence-electron chi connectivity index (χ2n) is 5.85. The van der Waals surface area contributed by atoms with Gasteiger partial charge in [0, 0.05) is 23.9 Å². The molecule has 1 atom stereocenters. The van der Waals surface area contributed by atoms with Crippen LogP contribution >= 0.6 is 0 Å². The van der Waals surface area contributed by atoms with Crippen molar-refractivity contribution in [3.63, 3.8) is 0 Å². The first-order valence-electron chi connectivity index (χ1n) is 7.93. The minimum Gasteiger partial charge on any atom is -0.406 e. The first-order chi connectivity index (χ1) is 11.9. The van der Waals surface area contributed by atoms with Gasteiger partial charge in [0.2, 0.25) is 0 Å². The lowest BCUT2D eigenvalue weighted by Crippen LogP contribution is -2.39. The van der Waals surface area contributed by atoms with Crippen LogP contribution in [0.3, 0.4) is 0 Å². The van der Waals surface area contributed by atoms with E-state index in [0.29, 0.717) is 17.1 Å². The number of pyridine rings is 1. The van der Waals surface area contributed by atoms with Crippen LogP contribution in [-0.2, 0) is 0 Å². The van der Waals surface area contributed by atoms with E-state index in [0.717, 1.165) is 25.1 Å². The number of ether oxygens (including phenoxy) is 1. The van der Waals surface area contributed by atoms with E-state index in [1.807, 2.05) is 13.1 Å². The Labute approximate surface area is 143 Å². The van der Waals surface area contributed by atoms with E-state index in [4.69, 9.17) is 5.73 Å². The molecule has 1 aromatic heterocycles. The summed E-state index contributed by atoms with van der Waals surface area (Å²) in [6, 6.07) is 9.30. The number of alkyl halides is 3. The summed E-state index contributed by atoms with van der Waals surface area (Å²) in [7, 11) is 1.91. The Morgan fingerprint density at radius 1 is 1.24 bits per heavy atom. The number of nitrogens with zero attached hydrogens (tertiary/aromatic N) is 2. The van der Waals surface area contributed by atoms with Crippen molar-refractivity contribution in [2.24, 2.45) is 0 Å². The number of anilines is 2. The molecule has 0 radical (unpaired) electrons. The van der Waals surface area contributed by atoms with Gasteiger partial charge in [-0.3, -0.25) is 0 Å². The quantitative estimate of drug-likeness (QED) is 0.883. The maximum absolute atomic E-state index is 12.3. The van der Waals surface area contributed by atoms with Crippen molar-refractivity contribution in [3.8, 4) is 17.0 Å². The van der Waals surface area contributed by atoms with E-state index in [2.05, 4.69) is 19.9 Å². The molecule has 3 N–H and O–H groups in total. The normalized spacial score (nSPS) is 17.8. The highest BCUT2D eigenvalue weighted by Crippen LogP contribution is 2.31. The van der Waals surface area contributed by atoms with Crippen LogP contribution in [0.15, 0.2) is 36.4 Å². The molecule has 1 aromatic carbocycles. The molecule has 0 spiro atoms. The highest BCUT2D eigenvalue weighted by Gasteiger charge is 2.31. The molecule has 1 aliphatic rings. The zero-order valence-corrected chi connectivity index (χ0v) is 13.7. The van der Waals surface area contributed by atoms with Crippen molar-refractivity contribution >= 4 is 11.5 Å². The maximum Gasteiger partial charge on any atom is 0.573 e. The summed E-state index contributed by atoms with van der Waals surface area (Å²) >= 11 is 0. The van der Waals surface area contributed by atoms with E-state index in [1.165, 1.54) is 24.3 Å². The molecule has 25 heavy (non-hydrogen) atoms. The number of nitrogens with one attached hydrogen (secondary N) is 1. The molecule has 1 fully saturated rings. The van der Waals surface area contributed by atoms with Gasteiger partial charge >= 0.3 is 6.36 Å². The Morgan fingerprint density at radius 3 is 2.60 bits per heavy atom. The van der Waals surface area contributed by atoms with Gasteiger partial charge in [0.05, 0.1) is 11.9 Å². The SMILES string of the molecule is CNC1CCCN1c1cc(N)nc(-c2ccc(OC(F)(F)F)cc2)c1. The molecule has 134 valence electrons. The van der Waals surface area contributed by atoms with Gasteiger partial charge in [-0.2, -0.15) is 0 Å². The zero-order valence-electron chi connectivity index (χ0n) is 13.7. The van der Waals surface area contributed by atoms with Crippen LogP contribution in [0.2, 0.25) is 0 Å². The fourth-order valence-corrected chi connectivity index (χ4v) is 3.05. The maximum atomic E-state index is 12.3. The van der Waals surface area contributed by atoms with Crippen molar-refractivity contribution in [1.82, 2.24) is 10.3 Å². The minimum atomic E-state index is -4.71. The van der Waals surface area contributed by atoms with Gasteiger partial charge in [-0.25, -0.2) is 4.98 Å². The fourth-order valence-electron chi connectivity index (χ4n) is 3.05. The van der Waals surface area contributed by atoms with Crippen LogP contribution in [0.5, 0.6) is 5.75 Å². The number of benzene rings is 1. The van der Waals surface area contributed by atoms with Crippen LogP contribution in [0, 0.1) is 0 Å². The van der Waals surface area contributed by atoms with Crippen molar-refractivity contribution in [3.05, 3.63) is 36.4 Å². The third-order valence-electron chi connectivity index (χ3n) is 4.13. The molecule has 0 saturated carbocycles. The molecule has 2 heterocycles. The van der Waals surface area contributed by atoms with E-state index < -0.39 is 6.36 Å². The summed E-state index contributed by atoms with van der Waals surface area (Å²) in [5, 5.41) is 3.26. The summed E-state index contributed by atoms with van der Waals surface area (Å²) in [5.41, 5.74) is 8.15. The van der Waals surface area contributed by atoms with E-state index in [-0.39, 0.29) is 11.9 Å². The molecule has 5 nitrogen and oxygen atoms in total. The molecule has 3 rings (SSSR count). The highest BCUT2D eigenvalue weighted by atomic mass is 19.4. The molecule has 0 amide bonds. The topological polar surface area (TPSA) is 63.4 Å². The van der Waals surface area contributed by atoms with Gasteiger partial charge in [-0.05, 0) is 50.2 Å². The van der Waals surface area contributed by atoms with Crippen LogP contribution in [0.4, 0.5) is 24.7 Å². The molecular formula is C17H19F3N4O. The van der Waals surface area contributed by atoms with E-state index >= 15 is 0 Å². The number of halogens is 3. The molecule has 0 aliphatic carbocycles. The molecule has 8 heteroatoms. The molecule has 1 aliphatic heterocycles. The number of aromatic nitrogens is 1. The minimum absolute atomic E-state index is 0.234. The summed E-state index contributed by atoms with van der Waals surface area (Å²) in [5.74, 6) is 0.0973. The van der Waals surface area contributed by atoms with Crippen LogP contribution in [-0.4, -0.2) is 31.1 Å². The molecule has 2 aromatic rings. The highest BCUT2D eigenvalue weighted by molar-refractivity contribution is 5.68. The Kier molecular flexibility index (Phi) is 4.71. The van der Waals surface area contributed by atoms with E-state index in [1.54, 1.807) is 6.07 Å². The molecule has 0 bridgehead atoms. The van der Waals surface area contributed by atoms with Gasteiger partial charge < -0.3 is 20.7 Å². The third kappa shape index (κ3) is 4.14. The third-order valence-corrected chi connectivity index (χ3v) is 4.13. The van der Waals surface area contributed by atoms with Crippen LogP contribution in [0.25, 0.3) is 11.3 Å². The number of hydrogen-bond donors (Lipinski definition) is 2. The molecule has 1 unspecified atom stereocenters. The molecular weight excluding hydrogens is 333 g/mol. The van der Waals surface area contributed by atoms with Crippen molar-refractivity contribution < 1.29 is 17.9 Å². The van der Waals surface area contributed by atoms with Crippen molar-refractivity contribution in [2.45, 2.75) is 25.4 Å². The number of rotatable bonds is 4. The monoisotopic (exact) mass is 352 g/mol. The van der Waals surface area contributed by atoms with Gasteiger partial charge in [-0.1, -0.05) is 0 Å². The zero-order chi connectivity index (χ0) is 18.0. The summed E-state index contributed by atoms with van der Waals surface area (Å²) in [4.78, 5) is 6.51. The van der Waals surface area contributed by atoms with Gasteiger partial charge in [0.1, 0.15) is 11.6 Å². The van der Waals surface area contributed by atoms with Crippen molar-refractivity contribution in [2.75, 3.05) is 24.2 Å². The number of nitrogens with two attached hydrogens (primary N) is 1. The predicted molar refractivity (Wildman–Crippen MR) is 90.2 cm³/mol. The van der Waals surface area contributed by atoms with Gasteiger partial charge in [-0.15, -0.1) is 13.2 Å². The second-order valence-corrected chi connectivity index (χ2v) is 5.85. The van der Waals surface area contributed by atoms with Crippen molar-refractivity contribution in [1.29, 1.82) is 0 Å². The number of nitrogen functional groups attached to an aromatic ring is 1. The first kappa shape index (κ1) is 17.3. The Morgan fingerprint density at radius 2 is 1.96 bits per heavy atom. The Bertz CT molecular complexity index is 734. The fraction of sp³-hybridized carbons (Fsp3) is 0.353. The lowest BCUT2D eigenvalue weighted by molar-refractivity contribution is -0.274. The lowest BCUT2D eigenvalue weighted by Gasteiger charge is -2.27. The van der Waals surface area contributed by atoms with Crippen LogP contribution < -0.4 is 20.7 Å². The van der Waals surface area contributed by atoms with Gasteiger partial charge in [0.25, 0.3) is 0 Å². The second kappa shape index (κ2) is 6.79. The average molecular weight is 352 g/mol. The smallest absolute Gasteiger partial charge is 0.406 e. The number of hydrogen-bond acceptors (Lipinski definition) is 5. The molecule has 1 saturated heterocycles. The Balaban J connectivity index is 1.87. The largest absolute Gasteiger partial charge is 0.573 e. The first-order valence-corrected chi connectivity index (χ1v) is 7.93. The Hall–Kier alpha value is -2.48. The van der Waals surface area contributed by atoms with Crippen LogP contribution in [0.1, 0.15) is 12.8 Å². The predicted octanol–water partition coefficient (Wildman–Crippen LogP) is 3.38. The standard InChI is InChI=1S/C17H19F3N4O/c1-22-16-3-2-8-24(16)12-9-14(23-15(21)10-12)11-4-6-13(7-5-11)25-17(18,19)20/h4-7,9-10,16,22H,2-3,8H2,1H3,(H2,21,23). The van der Waals surface area contributed by atoms with E-state index in [9.17, 15) is 13.2 Å². The average Bonchev–Trinajstić information content (AvgIpc) is 3.02. The lowest BCUT2D eigenvalue weighted by atomic mass is 10.1. The summed E-state index contributed by atoms with van der Waals surface area (Å²) in [6.45, 7) is 0.909.